The van der Waals surface area contributed by atoms with Gasteiger partial charge in [0.1, 0.15) is 11.6 Å². The molecule has 1 N–H and O–H groups in total. The van der Waals surface area contributed by atoms with Gasteiger partial charge in [0, 0.05) is 13.5 Å². The lowest BCUT2D eigenvalue weighted by molar-refractivity contribution is -0.171. The maximum Gasteiger partial charge on any atom is 0.408 e. The molecular weight excluding hydrogens is 355 g/mol. The Morgan fingerprint density at radius 2 is 1.88 bits per heavy atom. The summed E-state index contributed by atoms with van der Waals surface area (Å²) in [5.74, 6) is -0.422. The van der Waals surface area contributed by atoms with E-state index in [1.807, 2.05) is 0 Å². The molecule has 0 saturated carbocycles. The van der Waals surface area contributed by atoms with Gasteiger partial charge in [-0.2, -0.15) is 0 Å². The van der Waals surface area contributed by atoms with Crippen molar-refractivity contribution >= 4 is 35.2 Å². The summed E-state index contributed by atoms with van der Waals surface area (Å²) >= 11 is 11.9. The van der Waals surface area contributed by atoms with E-state index >= 15 is 0 Å². The molecule has 134 valence electrons. The highest BCUT2D eigenvalue weighted by atomic mass is 35.5. The first-order chi connectivity index (χ1) is 11.0. The Morgan fingerprint density at radius 3 is 2.38 bits per heavy atom. The largest absolute Gasteiger partial charge is 0.444 e. The number of hydroxylamine groups is 2. The lowest BCUT2D eigenvalue weighted by Gasteiger charge is -2.25. The molecule has 0 aliphatic heterocycles. The molecule has 6 nitrogen and oxygen atoms in total. The number of alkyl carbamates (subject to hydrolysis) is 1. The highest BCUT2D eigenvalue weighted by Gasteiger charge is 2.27. The minimum Gasteiger partial charge on any atom is -0.444 e. The summed E-state index contributed by atoms with van der Waals surface area (Å²) in [5.41, 5.74) is 0.0670. The van der Waals surface area contributed by atoms with E-state index in [9.17, 15) is 9.59 Å². The predicted octanol–water partition coefficient (Wildman–Crippen LogP) is 3.45. The number of hydrogen-bond donors (Lipinski definition) is 1. The van der Waals surface area contributed by atoms with Crippen molar-refractivity contribution in [1.29, 1.82) is 0 Å². The van der Waals surface area contributed by atoms with Gasteiger partial charge in [0.05, 0.1) is 17.2 Å². The summed E-state index contributed by atoms with van der Waals surface area (Å²) in [6, 6.07) is 4.14. The number of carbonyl (C=O) groups excluding carboxylic acids is 2. The van der Waals surface area contributed by atoms with Crippen LogP contribution in [-0.2, 0) is 20.8 Å². The summed E-state index contributed by atoms with van der Waals surface area (Å²) < 4.78 is 5.20. The van der Waals surface area contributed by atoms with Crippen LogP contribution in [0.4, 0.5) is 4.79 Å². The fourth-order valence-electron chi connectivity index (χ4n) is 1.86. The molecule has 0 bridgehead atoms. The number of amides is 2. The fraction of sp³-hybridized carbons (Fsp3) is 0.500. The van der Waals surface area contributed by atoms with Crippen LogP contribution in [-0.4, -0.2) is 42.9 Å². The molecule has 1 atom stereocenters. The summed E-state index contributed by atoms with van der Waals surface area (Å²) in [5, 5.41) is 4.39. The standard InChI is InChI=1S/C16H22Cl2N2O4/c1-16(2,3)24-15(22)19-13(14(21)20(4)23-5)9-10-6-7-11(17)12(18)8-10/h6-8,13H,9H2,1-5H3,(H,19,22). The van der Waals surface area contributed by atoms with Gasteiger partial charge >= 0.3 is 6.09 Å². The number of nitrogens with zero attached hydrogens (tertiary/aromatic N) is 1. The number of likely N-dealkylation sites (N-methyl/N-ethyl adjacent to an activating group) is 1. The Hall–Kier alpha value is -1.50. The molecule has 0 spiro atoms. The first-order valence-corrected chi connectivity index (χ1v) is 8.04. The smallest absolute Gasteiger partial charge is 0.408 e. The van der Waals surface area contributed by atoms with Crippen LogP contribution in [0.5, 0.6) is 0 Å². The zero-order valence-corrected chi connectivity index (χ0v) is 15.9. The molecule has 2 amide bonds. The third-order valence-corrected chi connectivity index (χ3v) is 3.74. The Labute approximate surface area is 152 Å². The second kappa shape index (κ2) is 8.55. The van der Waals surface area contributed by atoms with E-state index < -0.39 is 23.6 Å². The number of rotatable bonds is 5. The summed E-state index contributed by atoms with van der Waals surface area (Å²) in [6.07, 6.45) is -0.478. The third kappa shape index (κ3) is 6.55. The molecule has 1 aromatic rings. The third-order valence-electron chi connectivity index (χ3n) is 3.00. The monoisotopic (exact) mass is 376 g/mol. The maximum atomic E-state index is 12.4. The SMILES string of the molecule is CON(C)C(=O)C(Cc1ccc(Cl)c(Cl)c1)NC(=O)OC(C)(C)C. The minimum atomic E-state index is -0.873. The molecule has 1 aromatic carbocycles. The first-order valence-electron chi connectivity index (χ1n) is 7.28. The van der Waals surface area contributed by atoms with Gasteiger partial charge in [-0.3, -0.25) is 9.63 Å². The topological polar surface area (TPSA) is 67.9 Å². The van der Waals surface area contributed by atoms with Gasteiger partial charge in [-0.05, 0) is 38.5 Å². The van der Waals surface area contributed by atoms with Crippen molar-refractivity contribution in [2.24, 2.45) is 0 Å². The lowest BCUT2D eigenvalue weighted by atomic mass is 10.1. The summed E-state index contributed by atoms with van der Waals surface area (Å²) in [7, 11) is 2.82. The molecule has 8 heteroatoms. The number of carbonyl (C=O) groups is 2. The van der Waals surface area contributed by atoms with Crippen LogP contribution in [0.1, 0.15) is 26.3 Å². The molecule has 0 aromatic heterocycles. The van der Waals surface area contributed by atoms with Crippen molar-refractivity contribution in [3.05, 3.63) is 33.8 Å². The lowest BCUT2D eigenvalue weighted by Crippen LogP contribution is -2.49. The van der Waals surface area contributed by atoms with Crippen LogP contribution in [0.15, 0.2) is 18.2 Å². The second-order valence-electron chi connectivity index (χ2n) is 6.17. The molecule has 1 unspecified atom stereocenters. The molecule has 24 heavy (non-hydrogen) atoms. The Kier molecular flexibility index (Phi) is 7.32. The number of ether oxygens (including phenoxy) is 1. The van der Waals surface area contributed by atoms with Crippen molar-refractivity contribution in [2.75, 3.05) is 14.2 Å². The number of benzene rings is 1. The van der Waals surface area contributed by atoms with Gasteiger partial charge in [-0.1, -0.05) is 29.3 Å². The number of halogens is 2. The predicted molar refractivity (Wildman–Crippen MR) is 93.1 cm³/mol. The van der Waals surface area contributed by atoms with Crippen molar-refractivity contribution in [3.8, 4) is 0 Å². The molecule has 0 aliphatic rings. The van der Waals surface area contributed by atoms with E-state index in [1.54, 1.807) is 39.0 Å². The van der Waals surface area contributed by atoms with Crippen molar-refractivity contribution in [1.82, 2.24) is 10.4 Å². The van der Waals surface area contributed by atoms with E-state index in [-0.39, 0.29) is 6.42 Å². The molecular formula is C16H22Cl2N2O4. The molecule has 0 aliphatic carbocycles. The van der Waals surface area contributed by atoms with Gasteiger partial charge in [0.25, 0.3) is 5.91 Å². The van der Waals surface area contributed by atoms with E-state index in [1.165, 1.54) is 14.2 Å². The second-order valence-corrected chi connectivity index (χ2v) is 6.98. The van der Waals surface area contributed by atoms with Crippen molar-refractivity contribution < 1.29 is 19.2 Å². The molecule has 0 saturated heterocycles. The minimum absolute atomic E-state index is 0.211. The van der Waals surface area contributed by atoms with E-state index in [4.69, 9.17) is 32.8 Å². The zero-order valence-electron chi connectivity index (χ0n) is 14.4. The van der Waals surface area contributed by atoms with E-state index in [2.05, 4.69) is 5.32 Å². The Balaban J connectivity index is 2.94. The van der Waals surface area contributed by atoms with Gasteiger partial charge in [-0.15, -0.1) is 0 Å². The first kappa shape index (κ1) is 20.5. The van der Waals surface area contributed by atoms with Crippen molar-refractivity contribution in [3.63, 3.8) is 0 Å². The average Bonchev–Trinajstić information content (AvgIpc) is 2.46. The van der Waals surface area contributed by atoms with Gasteiger partial charge in [0.15, 0.2) is 0 Å². The highest BCUT2D eigenvalue weighted by molar-refractivity contribution is 6.42. The fourth-order valence-corrected chi connectivity index (χ4v) is 2.18. The Morgan fingerprint density at radius 1 is 1.25 bits per heavy atom. The molecule has 0 heterocycles. The summed E-state index contributed by atoms with van der Waals surface area (Å²) in [6.45, 7) is 5.22. The zero-order chi connectivity index (χ0) is 18.5. The van der Waals surface area contributed by atoms with E-state index in [0.717, 1.165) is 10.6 Å². The van der Waals surface area contributed by atoms with Crippen LogP contribution in [0.2, 0.25) is 10.0 Å². The summed E-state index contributed by atoms with van der Waals surface area (Å²) in [4.78, 5) is 29.3. The van der Waals surface area contributed by atoms with Crippen LogP contribution >= 0.6 is 23.2 Å². The van der Waals surface area contributed by atoms with E-state index in [0.29, 0.717) is 10.0 Å². The van der Waals surface area contributed by atoms with Gasteiger partial charge < -0.3 is 10.1 Å². The molecule has 1 rings (SSSR count). The van der Waals surface area contributed by atoms with Crippen LogP contribution in [0.3, 0.4) is 0 Å². The van der Waals surface area contributed by atoms with Gasteiger partial charge in [0.2, 0.25) is 0 Å². The van der Waals surface area contributed by atoms with Crippen molar-refractivity contribution in [2.45, 2.75) is 38.8 Å². The maximum absolute atomic E-state index is 12.4. The van der Waals surface area contributed by atoms with Crippen LogP contribution < -0.4 is 5.32 Å². The molecule has 0 fully saturated rings. The number of hydrogen-bond acceptors (Lipinski definition) is 4. The normalized spacial score (nSPS) is 12.5. The number of nitrogens with one attached hydrogen (secondary N) is 1. The van der Waals surface area contributed by atoms with Crippen LogP contribution in [0, 0.1) is 0 Å². The Bertz CT molecular complexity index is 602. The molecule has 0 radical (unpaired) electrons. The van der Waals surface area contributed by atoms with Crippen LogP contribution in [0.25, 0.3) is 0 Å². The highest BCUT2D eigenvalue weighted by Crippen LogP contribution is 2.23. The quantitative estimate of drug-likeness (QED) is 0.799. The average molecular weight is 377 g/mol. The van der Waals surface area contributed by atoms with Gasteiger partial charge in [-0.25, -0.2) is 9.86 Å².